The minimum absolute atomic E-state index is 0.895. The molecule has 1 aromatic carbocycles. The van der Waals surface area contributed by atoms with Crippen LogP contribution in [0.5, 0.6) is 0 Å². The predicted octanol–water partition coefficient (Wildman–Crippen LogP) is 0.0134. The van der Waals surface area contributed by atoms with E-state index in [1.165, 1.54) is 0 Å². The van der Waals surface area contributed by atoms with E-state index in [2.05, 4.69) is 4.84 Å². The van der Waals surface area contributed by atoms with E-state index < -0.39 is 39.2 Å². The maximum atomic E-state index is 10.7. The van der Waals surface area contributed by atoms with Gasteiger partial charge in [0.05, 0.1) is 0 Å². The van der Waals surface area contributed by atoms with Gasteiger partial charge >= 0.3 is 97.5 Å². The van der Waals surface area contributed by atoms with Crippen LogP contribution in [-0.4, -0.2) is 19.8 Å². The summed E-state index contributed by atoms with van der Waals surface area (Å²) in [6, 6.07) is 8.92. The summed E-state index contributed by atoms with van der Waals surface area (Å²) in [5.41, 5.74) is 0. The van der Waals surface area contributed by atoms with E-state index in [9.17, 15) is 14.9 Å². The summed E-state index contributed by atoms with van der Waals surface area (Å²) >= 11 is -2.14. The number of carboxylic acid groups (broad SMARTS) is 1. The molecule has 7 heteroatoms. The van der Waals surface area contributed by atoms with Crippen LogP contribution in [0.15, 0.2) is 30.3 Å². The van der Waals surface area contributed by atoms with Crippen molar-refractivity contribution < 1.29 is 44.4 Å². The van der Waals surface area contributed by atoms with Crippen LogP contribution in [0, 0.1) is 10.1 Å². The molecular formula is C8H7HgNO5. The number of rotatable bonds is 5. The van der Waals surface area contributed by atoms with Crippen LogP contribution in [0.2, 0.25) is 0 Å². The molecule has 0 saturated heterocycles. The molecule has 0 radical (unpaired) electrons. The summed E-state index contributed by atoms with van der Waals surface area (Å²) < 4.78 is -0.339. The van der Waals surface area contributed by atoms with Gasteiger partial charge < -0.3 is 0 Å². The molecule has 0 aliphatic heterocycles. The van der Waals surface area contributed by atoms with E-state index in [0.717, 1.165) is 3.07 Å². The number of aliphatic carboxylic acids is 1. The van der Waals surface area contributed by atoms with Crippen molar-refractivity contribution in [3.05, 3.63) is 40.4 Å². The quantitative estimate of drug-likeness (QED) is 0.429. The first kappa shape index (κ1) is 11.9. The van der Waals surface area contributed by atoms with Crippen molar-refractivity contribution >= 4 is 9.04 Å². The Bertz CT molecular complexity index is 355. The predicted molar refractivity (Wildman–Crippen MR) is 45.6 cm³/mol. The Labute approximate surface area is 97.4 Å². The van der Waals surface area contributed by atoms with Crippen molar-refractivity contribution in [2.24, 2.45) is 0 Å². The third-order valence-electron chi connectivity index (χ3n) is 1.75. The molecule has 0 spiro atoms. The van der Waals surface area contributed by atoms with Crippen LogP contribution in [0.25, 0.3) is 0 Å². The summed E-state index contributed by atoms with van der Waals surface area (Å²) in [6.07, 6.45) is 0. The Morgan fingerprint density at radius 1 is 1.47 bits per heavy atom. The molecule has 0 amide bonds. The van der Waals surface area contributed by atoms with Crippen LogP contribution < -0.4 is 3.07 Å². The fourth-order valence-corrected chi connectivity index (χ4v) is 6.32. The van der Waals surface area contributed by atoms with Gasteiger partial charge in [-0.25, -0.2) is 0 Å². The van der Waals surface area contributed by atoms with Gasteiger partial charge in [0.2, 0.25) is 0 Å². The second-order valence-electron chi connectivity index (χ2n) is 2.85. The first-order chi connectivity index (χ1) is 7.09. The Morgan fingerprint density at radius 3 is 2.53 bits per heavy atom. The molecule has 0 bridgehead atoms. The molecule has 6 nitrogen and oxygen atoms in total. The van der Waals surface area contributed by atoms with Gasteiger partial charge in [-0.1, -0.05) is 0 Å². The van der Waals surface area contributed by atoms with Gasteiger partial charge in [0.25, 0.3) is 0 Å². The van der Waals surface area contributed by atoms with Gasteiger partial charge in [0.1, 0.15) is 0 Å². The van der Waals surface area contributed by atoms with Crippen LogP contribution >= 0.6 is 0 Å². The van der Waals surface area contributed by atoms with Gasteiger partial charge in [0, 0.05) is 0 Å². The molecule has 0 heterocycles. The zero-order chi connectivity index (χ0) is 11.3. The van der Waals surface area contributed by atoms with E-state index in [1.807, 2.05) is 6.07 Å². The first-order valence-corrected chi connectivity index (χ1v) is 10.1. The van der Waals surface area contributed by atoms with Gasteiger partial charge in [-0.05, 0) is 0 Å². The van der Waals surface area contributed by atoms with Crippen molar-refractivity contribution in [3.8, 4) is 0 Å². The summed E-state index contributed by atoms with van der Waals surface area (Å²) in [5.74, 6) is -1.25. The van der Waals surface area contributed by atoms with Crippen molar-refractivity contribution in [3.63, 3.8) is 0 Å². The molecule has 15 heavy (non-hydrogen) atoms. The fraction of sp³-hybridized carbons (Fsp3) is 0.125. The second kappa shape index (κ2) is 5.64. The van der Waals surface area contributed by atoms with Crippen molar-refractivity contribution in [1.29, 1.82) is 0 Å². The molecule has 76 valence electrons. The molecule has 0 aliphatic carbocycles. The average molecular weight is 398 g/mol. The number of carboxylic acids is 1. The zero-order valence-electron chi connectivity index (χ0n) is 7.70. The monoisotopic (exact) mass is 399 g/mol. The average Bonchev–Trinajstić information content (AvgIpc) is 2.17. The van der Waals surface area contributed by atoms with Crippen LogP contribution in [0.3, 0.4) is 0 Å². The normalized spacial score (nSPS) is 11.2. The van der Waals surface area contributed by atoms with E-state index in [0.29, 0.717) is 0 Å². The topological polar surface area (TPSA) is 89.7 Å². The number of nitrogens with zero attached hydrogens (tertiary/aromatic N) is 1. The summed E-state index contributed by atoms with van der Waals surface area (Å²) in [7, 11) is 0. The molecule has 1 atom stereocenters. The zero-order valence-corrected chi connectivity index (χ0v) is 13.2. The molecule has 1 unspecified atom stereocenters. The van der Waals surface area contributed by atoms with Crippen molar-refractivity contribution in [1.82, 2.24) is 0 Å². The maximum absolute atomic E-state index is 10.7. The van der Waals surface area contributed by atoms with Crippen LogP contribution in [0.4, 0.5) is 0 Å². The summed E-state index contributed by atoms with van der Waals surface area (Å²) in [5, 5.41) is 17.7. The molecule has 0 saturated carbocycles. The van der Waals surface area contributed by atoms with E-state index in [4.69, 9.17) is 5.11 Å². The van der Waals surface area contributed by atoms with E-state index in [-0.39, 0.29) is 0 Å². The third kappa shape index (κ3) is 4.24. The molecule has 1 rings (SSSR count). The molecule has 0 aliphatic rings. The summed E-state index contributed by atoms with van der Waals surface area (Å²) in [6.45, 7) is 0. The Morgan fingerprint density at radius 2 is 2.07 bits per heavy atom. The number of hydrogen-bond donors (Lipinski definition) is 1. The Kier molecular flexibility index (Phi) is 4.48. The van der Waals surface area contributed by atoms with E-state index in [1.54, 1.807) is 24.3 Å². The minimum atomic E-state index is -2.14. The Hall–Kier alpha value is -1.17. The first-order valence-electron chi connectivity index (χ1n) is 4.17. The van der Waals surface area contributed by atoms with E-state index >= 15 is 0 Å². The third-order valence-corrected chi connectivity index (χ3v) is 8.80. The standard InChI is InChI=1S/C6H5.C2H2NO5.Hg/c1-2-4-6-5-3-1;4-2(5)1-8-3(6)7;/h1-5H;1H,(H,4,5);. The SMILES string of the molecule is O=C(O)[CH](O[N+](=O)[O-])[Hg][c]1ccccc1. The van der Waals surface area contributed by atoms with Gasteiger partial charge in [-0.2, -0.15) is 0 Å². The molecular weight excluding hydrogens is 391 g/mol. The van der Waals surface area contributed by atoms with Crippen molar-refractivity contribution in [2.75, 3.05) is 0 Å². The fourth-order valence-electron chi connectivity index (χ4n) is 1.10. The Balaban J connectivity index is 2.67. The molecule has 0 fully saturated rings. The number of benzene rings is 1. The van der Waals surface area contributed by atoms with Gasteiger partial charge in [-0.3, -0.25) is 0 Å². The van der Waals surface area contributed by atoms with Crippen LogP contribution in [0.1, 0.15) is 0 Å². The molecule has 1 N–H and O–H groups in total. The molecule has 1 aromatic rings. The number of carbonyl (C=O) groups is 1. The second-order valence-corrected chi connectivity index (χ2v) is 10.5. The summed E-state index contributed by atoms with van der Waals surface area (Å²) in [4.78, 5) is 24.9. The van der Waals surface area contributed by atoms with Crippen LogP contribution in [-0.2, 0) is 34.2 Å². The number of hydrogen-bond acceptors (Lipinski definition) is 4. The van der Waals surface area contributed by atoms with Gasteiger partial charge in [-0.15, -0.1) is 0 Å². The van der Waals surface area contributed by atoms with Crippen molar-refractivity contribution in [2.45, 2.75) is 3.61 Å². The molecule has 0 aromatic heterocycles. The van der Waals surface area contributed by atoms with Gasteiger partial charge in [0.15, 0.2) is 0 Å².